The van der Waals surface area contributed by atoms with Crippen LogP contribution in [0.1, 0.15) is 23.5 Å². The molecule has 1 aromatic rings. The van der Waals surface area contributed by atoms with Gasteiger partial charge >= 0.3 is 0 Å². The number of quaternary nitrogens is 1. The van der Waals surface area contributed by atoms with Crippen LogP contribution in [0, 0.1) is 7.05 Å². The molecule has 2 fully saturated rings. The SMILES string of the molecule is [CH2-][NH+]1CCc2c(C3CN(C4CCOC4)C3)cccc21. The molecule has 0 aromatic heterocycles. The van der Waals surface area contributed by atoms with Crippen molar-refractivity contribution in [2.45, 2.75) is 24.8 Å². The summed E-state index contributed by atoms with van der Waals surface area (Å²) in [5.41, 5.74) is 4.60. The van der Waals surface area contributed by atoms with Gasteiger partial charge in [0.05, 0.1) is 13.2 Å². The van der Waals surface area contributed by atoms with Crippen molar-refractivity contribution in [3.8, 4) is 0 Å². The summed E-state index contributed by atoms with van der Waals surface area (Å²) in [5.74, 6) is 0.737. The van der Waals surface area contributed by atoms with Gasteiger partial charge in [0.15, 0.2) is 0 Å². The van der Waals surface area contributed by atoms with Crippen LogP contribution in [-0.2, 0) is 11.2 Å². The van der Waals surface area contributed by atoms with Crippen LogP contribution in [-0.4, -0.2) is 43.8 Å². The molecule has 0 radical (unpaired) electrons. The lowest BCUT2D eigenvalue weighted by Crippen LogP contribution is -3.00. The van der Waals surface area contributed by atoms with Crippen LogP contribution in [0.2, 0.25) is 0 Å². The Balaban J connectivity index is 1.50. The summed E-state index contributed by atoms with van der Waals surface area (Å²) in [6.45, 7) is 5.48. The smallest absolute Gasteiger partial charge is 0.108 e. The number of ether oxygens (including phenoxy) is 1. The number of benzene rings is 1. The molecule has 19 heavy (non-hydrogen) atoms. The molecule has 0 aliphatic carbocycles. The predicted molar refractivity (Wildman–Crippen MR) is 74.5 cm³/mol. The molecule has 3 aliphatic rings. The molecule has 1 aromatic carbocycles. The Morgan fingerprint density at radius 1 is 1.32 bits per heavy atom. The Labute approximate surface area is 115 Å². The zero-order chi connectivity index (χ0) is 12.8. The van der Waals surface area contributed by atoms with E-state index in [1.165, 1.54) is 36.5 Å². The van der Waals surface area contributed by atoms with Gasteiger partial charge < -0.3 is 9.64 Å². The second kappa shape index (κ2) is 4.58. The summed E-state index contributed by atoms with van der Waals surface area (Å²) in [6.07, 6.45) is 2.42. The van der Waals surface area contributed by atoms with Crippen molar-refractivity contribution in [3.63, 3.8) is 0 Å². The van der Waals surface area contributed by atoms with Crippen molar-refractivity contribution in [1.29, 1.82) is 0 Å². The number of hydrogen-bond acceptors (Lipinski definition) is 2. The van der Waals surface area contributed by atoms with Crippen molar-refractivity contribution in [3.05, 3.63) is 36.4 Å². The molecule has 0 spiro atoms. The lowest BCUT2D eigenvalue weighted by Gasteiger charge is -2.43. The van der Waals surface area contributed by atoms with Crippen LogP contribution in [0.3, 0.4) is 0 Å². The van der Waals surface area contributed by atoms with Gasteiger partial charge in [-0.05, 0) is 18.1 Å². The van der Waals surface area contributed by atoms with Gasteiger partial charge in [0.25, 0.3) is 0 Å². The maximum Gasteiger partial charge on any atom is 0.108 e. The minimum Gasteiger partial charge on any atom is -0.434 e. The van der Waals surface area contributed by atoms with Crippen LogP contribution in [0.15, 0.2) is 18.2 Å². The highest BCUT2D eigenvalue weighted by Crippen LogP contribution is 2.35. The Morgan fingerprint density at radius 3 is 3.00 bits per heavy atom. The van der Waals surface area contributed by atoms with Crippen LogP contribution in [0.4, 0.5) is 5.69 Å². The summed E-state index contributed by atoms with van der Waals surface area (Å²) in [4.78, 5) is 3.93. The average molecular weight is 258 g/mol. The number of nitrogens with one attached hydrogen (secondary N) is 1. The first-order chi connectivity index (χ1) is 9.33. The Morgan fingerprint density at radius 2 is 2.21 bits per heavy atom. The van der Waals surface area contributed by atoms with Crippen LogP contribution >= 0.6 is 0 Å². The molecule has 3 aliphatic heterocycles. The fourth-order valence-electron chi connectivity index (χ4n) is 3.83. The van der Waals surface area contributed by atoms with E-state index in [1.54, 1.807) is 11.1 Å². The van der Waals surface area contributed by atoms with E-state index in [0.29, 0.717) is 6.04 Å². The van der Waals surface area contributed by atoms with Crippen LogP contribution < -0.4 is 4.90 Å². The van der Waals surface area contributed by atoms with E-state index in [-0.39, 0.29) is 0 Å². The molecular formula is C16H22N2O. The van der Waals surface area contributed by atoms with Crippen molar-refractivity contribution < 1.29 is 9.64 Å². The van der Waals surface area contributed by atoms with E-state index in [0.717, 1.165) is 25.7 Å². The van der Waals surface area contributed by atoms with Gasteiger partial charge in [-0.3, -0.25) is 4.90 Å². The molecule has 3 heteroatoms. The predicted octanol–water partition coefficient (Wildman–Crippen LogP) is 0.739. The highest BCUT2D eigenvalue weighted by molar-refractivity contribution is 5.49. The van der Waals surface area contributed by atoms with Gasteiger partial charge in [-0.25, -0.2) is 0 Å². The summed E-state index contributed by atoms with van der Waals surface area (Å²) >= 11 is 0. The highest BCUT2D eigenvalue weighted by atomic mass is 16.5. The minimum absolute atomic E-state index is 0.683. The quantitative estimate of drug-likeness (QED) is 0.788. The molecule has 2 saturated heterocycles. The average Bonchev–Trinajstić information content (AvgIpc) is 2.99. The van der Waals surface area contributed by atoms with Crippen molar-refractivity contribution >= 4 is 5.69 Å². The fraction of sp³-hybridized carbons (Fsp3) is 0.562. The molecule has 102 valence electrons. The Hall–Kier alpha value is -0.900. The van der Waals surface area contributed by atoms with Gasteiger partial charge in [0.2, 0.25) is 0 Å². The normalized spacial score (nSPS) is 31.4. The van der Waals surface area contributed by atoms with E-state index in [2.05, 4.69) is 30.1 Å². The number of fused-ring (bicyclic) bond motifs is 1. The monoisotopic (exact) mass is 258 g/mol. The van der Waals surface area contributed by atoms with Gasteiger partial charge in [-0.15, -0.1) is 7.05 Å². The first kappa shape index (κ1) is 11.9. The third kappa shape index (κ3) is 1.92. The molecule has 2 unspecified atom stereocenters. The molecule has 3 heterocycles. The van der Waals surface area contributed by atoms with Crippen LogP contribution in [0.5, 0.6) is 0 Å². The van der Waals surface area contributed by atoms with E-state index in [4.69, 9.17) is 4.74 Å². The summed E-state index contributed by atoms with van der Waals surface area (Å²) in [6, 6.07) is 7.48. The van der Waals surface area contributed by atoms with E-state index in [1.807, 2.05) is 0 Å². The van der Waals surface area contributed by atoms with Crippen molar-refractivity contribution in [1.82, 2.24) is 4.90 Å². The molecule has 0 bridgehead atoms. The maximum absolute atomic E-state index is 5.49. The number of rotatable bonds is 2. The van der Waals surface area contributed by atoms with Gasteiger partial charge in [0.1, 0.15) is 5.69 Å². The second-order valence-corrected chi connectivity index (χ2v) is 6.15. The zero-order valence-corrected chi connectivity index (χ0v) is 11.4. The summed E-state index contributed by atoms with van der Waals surface area (Å²) in [7, 11) is 4.19. The molecule has 4 rings (SSSR count). The molecule has 2 atom stereocenters. The standard InChI is InChI=1S/C16H22N2O/c1-17-7-5-15-14(3-2-4-16(15)17)12-9-18(10-12)13-6-8-19-11-13/h2-4,12-13,17H,1,5-11H2. The third-order valence-electron chi connectivity index (χ3n) is 5.04. The second-order valence-electron chi connectivity index (χ2n) is 6.15. The first-order valence-corrected chi connectivity index (χ1v) is 7.44. The largest absolute Gasteiger partial charge is 0.434 e. The lowest BCUT2D eigenvalue weighted by molar-refractivity contribution is -0.775. The minimum atomic E-state index is 0.683. The zero-order valence-electron chi connectivity index (χ0n) is 11.4. The first-order valence-electron chi connectivity index (χ1n) is 7.44. The topological polar surface area (TPSA) is 16.9 Å². The van der Waals surface area contributed by atoms with Gasteiger partial charge in [0, 0.05) is 43.6 Å². The van der Waals surface area contributed by atoms with Crippen molar-refractivity contribution in [2.24, 2.45) is 0 Å². The maximum atomic E-state index is 5.49. The molecule has 1 N–H and O–H groups in total. The van der Waals surface area contributed by atoms with E-state index in [9.17, 15) is 0 Å². The third-order valence-corrected chi connectivity index (χ3v) is 5.04. The number of likely N-dealkylation sites (tertiary alicyclic amines) is 1. The van der Waals surface area contributed by atoms with E-state index >= 15 is 0 Å². The van der Waals surface area contributed by atoms with Gasteiger partial charge in [-0.2, -0.15) is 0 Å². The number of hydrogen-bond donors (Lipinski definition) is 1. The Kier molecular flexibility index (Phi) is 2.87. The molecular weight excluding hydrogens is 236 g/mol. The van der Waals surface area contributed by atoms with Crippen molar-refractivity contribution in [2.75, 3.05) is 32.8 Å². The summed E-state index contributed by atoms with van der Waals surface area (Å²) < 4.78 is 5.49. The summed E-state index contributed by atoms with van der Waals surface area (Å²) in [5, 5.41) is 0. The highest BCUT2D eigenvalue weighted by Gasteiger charge is 2.37. The Bertz CT molecular complexity index is 476. The molecule has 0 saturated carbocycles. The molecule has 3 nitrogen and oxygen atoms in total. The van der Waals surface area contributed by atoms with Gasteiger partial charge in [-0.1, -0.05) is 12.1 Å². The fourth-order valence-corrected chi connectivity index (χ4v) is 3.83. The number of nitrogens with zero attached hydrogens (tertiary/aromatic N) is 1. The van der Waals surface area contributed by atoms with Crippen LogP contribution in [0.25, 0.3) is 0 Å². The van der Waals surface area contributed by atoms with E-state index < -0.39 is 0 Å². The lowest BCUT2D eigenvalue weighted by atomic mass is 9.86. The molecule has 0 amide bonds.